The lowest BCUT2D eigenvalue weighted by Gasteiger charge is -2.14. The second kappa shape index (κ2) is 4.77. The minimum atomic E-state index is 0.00337. The van der Waals surface area contributed by atoms with Gasteiger partial charge in [-0.2, -0.15) is 11.3 Å². The van der Waals surface area contributed by atoms with E-state index in [1.165, 1.54) is 5.56 Å². The van der Waals surface area contributed by atoms with Gasteiger partial charge in [-0.25, -0.2) is 0 Å². The van der Waals surface area contributed by atoms with E-state index in [1.807, 2.05) is 11.4 Å². The second-order valence-electron chi connectivity index (χ2n) is 4.05. The highest BCUT2D eigenvalue weighted by molar-refractivity contribution is 7.07. The van der Waals surface area contributed by atoms with Crippen molar-refractivity contribution in [3.8, 4) is 0 Å². The zero-order chi connectivity index (χ0) is 10.7. The molecule has 1 aromatic heterocycles. The van der Waals surface area contributed by atoms with Crippen LogP contribution < -0.4 is 10.6 Å². The highest BCUT2D eigenvalue weighted by Gasteiger charge is 2.28. The lowest BCUT2D eigenvalue weighted by molar-refractivity contribution is -0.123. The molecular weight excluding hydrogens is 208 g/mol. The molecule has 1 amide bonds. The van der Waals surface area contributed by atoms with Gasteiger partial charge in [0.1, 0.15) is 0 Å². The van der Waals surface area contributed by atoms with Crippen molar-refractivity contribution in [3.05, 3.63) is 22.4 Å². The predicted octanol–water partition coefficient (Wildman–Crippen LogP) is 1.36. The smallest absolute Gasteiger partial charge is 0.237 e. The van der Waals surface area contributed by atoms with Crippen molar-refractivity contribution in [2.45, 2.75) is 25.9 Å². The third kappa shape index (κ3) is 2.58. The highest BCUT2D eigenvalue weighted by Crippen LogP contribution is 2.14. The first kappa shape index (κ1) is 10.6. The fourth-order valence-electron chi connectivity index (χ4n) is 1.88. The lowest BCUT2D eigenvalue weighted by atomic mass is 10.0. The standard InChI is InChI=1S/C11H16N2OS/c1-8-2-4-12-10(8)11(14)13-6-9-3-5-15-7-9/h3,5,7-8,10,12H,2,4,6H2,1H3,(H,13,14). The number of carbonyl (C=O) groups excluding carboxylic acids is 1. The first-order chi connectivity index (χ1) is 7.27. The molecule has 15 heavy (non-hydrogen) atoms. The molecule has 1 saturated heterocycles. The third-order valence-corrected chi connectivity index (χ3v) is 3.59. The van der Waals surface area contributed by atoms with Crippen molar-refractivity contribution in [1.82, 2.24) is 10.6 Å². The summed E-state index contributed by atoms with van der Waals surface area (Å²) < 4.78 is 0. The Bertz CT molecular complexity index is 323. The fourth-order valence-corrected chi connectivity index (χ4v) is 2.55. The molecule has 2 heterocycles. The molecule has 0 bridgehead atoms. The molecule has 0 radical (unpaired) electrons. The van der Waals surface area contributed by atoms with Crippen LogP contribution in [-0.4, -0.2) is 18.5 Å². The first-order valence-corrected chi connectivity index (χ1v) is 6.24. The predicted molar refractivity (Wildman–Crippen MR) is 61.7 cm³/mol. The Balaban J connectivity index is 1.82. The molecule has 0 spiro atoms. The van der Waals surface area contributed by atoms with Gasteiger partial charge in [0.2, 0.25) is 5.91 Å². The van der Waals surface area contributed by atoms with Gasteiger partial charge < -0.3 is 10.6 Å². The molecule has 3 nitrogen and oxygen atoms in total. The van der Waals surface area contributed by atoms with Gasteiger partial charge >= 0.3 is 0 Å². The summed E-state index contributed by atoms with van der Waals surface area (Å²) in [4.78, 5) is 11.8. The summed E-state index contributed by atoms with van der Waals surface area (Å²) in [5.74, 6) is 0.582. The summed E-state index contributed by atoms with van der Waals surface area (Å²) in [6.45, 7) is 3.72. The van der Waals surface area contributed by atoms with Gasteiger partial charge in [-0.3, -0.25) is 4.79 Å². The van der Waals surface area contributed by atoms with E-state index in [4.69, 9.17) is 0 Å². The molecule has 82 valence electrons. The first-order valence-electron chi connectivity index (χ1n) is 5.29. The van der Waals surface area contributed by atoms with Crippen molar-refractivity contribution in [3.63, 3.8) is 0 Å². The normalized spacial score (nSPS) is 25.4. The lowest BCUT2D eigenvalue weighted by Crippen LogP contribution is -2.42. The van der Waals surface area contributed by atoms with E-state index in [2.05, 4.69) is 22.9 Å². The van der Waals surface area contributed by atoms with E-state index < -0.39 is 0 Å². The van der Waals surface area contributed by atoms with Crippen molar-refractivity contribution >= 4 is 17.2 Å². The van der Waals surface area contributed by atoms with Crippen molar-refractivity contribution < 1.29 is 4.79 Å². The van der Waals surface area contributed by atoms with E-state index in [0.29, 0.717) is 12.5 Å². The second-order valence-corrected chi connectivity index (χ2v) is 4.83. The molecule has 1 aliphatic rings. The average molecular weight is 224 g/mol. The van der Waals surface area contributed by atoms with Crippen molar-refractivity contribution in [1.29, 1.82) is 0 Å². The topological polar surface area (TPSA) is 41.1 Å². The molecule has 0 saturated carbocycles. The van der Waals surface area contributed by atoms with Crippen LogP contribution in [0.15, 0.2) is 16.8 Å². The summed E-state index contributed by atoms with van der Waals surface area (Å²) >= 11 is 1.66. The molecule has 2 rings (SSSR count). The molecule has 2 atom stereocenters. The molecule has 2 N–H and O–H groups in total. The molecular formula is C11H16N2OS. The summed E-state index contributed by atoms with van der Waals surface area (Å²) in [5.41, 5.74) is 1.18. The molecule has 1 fully saturated rings. The number of thiophene rings is 1. The van der Waals surface area contributed by atoms with E-state index >= 15 is 0 Å². The average Bonchev–Trinajstić information content (AvgIpc) is 2.84. The van der Waals surface area contributed by atoms with Gasteiger partial charge in [0, 0.05) is 6.54 Å². The molecule has 1 aliphatic heterocycles. The Morgan fingerprint density at radius 1 is 1.73 bits per heavy atom. The summed E-state index contributed by atoms with van der Waals surface area (Å²) in [7, 11) is 0. The largest absolute Gasteiger partial charge is 0.351 e. The zero-order valence-electron chi connectivity index (χ0n) is 8.82. The molecule has 0 aromatic carbocycles. The number of carbonyl (C=O) groups is 1. The van der Waals surface area contributed by atoms with E-state index in [0.717, 1.165) is 13.0 Å². The summed E-state index contributed by atoms with van der Waals surface area (Å²) in [6.07, 6.45) is 1.09. The fraction of sp³-hybridized carbons (Fsp3) is 0.545. The number of hydrogen-bond donors (Lipinski definition) is 2. The Kier molecular flexibility index (Phi) is 3.38. The van der Waals surface area contributed by atoms with Gasteiger partial charge in [-0.05, 0) is 41.3 Å². The zero-order valence-corrected chi connectivity index (χ0v) is 9.64. The van der Waals surface area contributed by atoms with Crippen molar-refractivity contribution in [2.75, 3.05) is 6.54 Å². The van der Waals surface area contributed by atoms with Gasteiger partial charge in [0.25, 0.3) is 0 Å². The van der Waals surface area contributed by atoms with Crippen LogP contribution in [0, 0.1) is 5.92 Å². The van der Waals surface area contributed by atoms with Crippen LogP contribution in [-0.2, 0) is 11.3 Å². The molecule has 0 aliphatic carbocycles. The minimum Gasteiger partial charge on any atom is -0.351 e. The van der Waals surface area contributed by atoms with Gasteiger partial charge in [-0.1, -0.05) is 6.92 Å². The van der Waals surface area contributed by atoms with E-state index in [9.17, 15) is 4.79 Å². The maximum absolute atomic E-state index is 11.8. The van der Waals surface area contributed by atoms with Crippen LogP contribution in [0.25, 0.3) is 0 Å². The highest BCUT2D eigenvalue weighted by atomic mass is 32.1. The number of amides is 1. The van der Waals surface area contributed by atoms with Crippen LogP contribution in [0.5, 0.6) is 0 Å². The Morgan fingerprint density at radius 3 is 3.20 bits per heavy atom. The number of nitrogens with one attached hydrogen (secondary N) is 2. The molecule has 2 unspecified atom stereocenters. The van der Waals surface area contributed by atoms with E-state index in [1.54, 1.807) is 11.3 Å². The Labute approximate surface area is 93.9 Å². The van der Waals surface area contributed by atoms with Crippen LogP contribution in [0.1, 0.15) is 18.9 Å². The maximum atomic E-state index is 11.8. The Morgan fingerprint density at radius 2 is 2.60 bits per heavy atom. The quantitative estimate of drug-likeness (QED) is 0.814. The molecule has 4 heteroatoms. The van der Waals surface area contributed by atoms with Gasteiger partial charge in [0.05, 0.1) is 6.04 Å². The number of hydrogen-bond acceptors (Lipinski definition) is 3. The van der Waals surface area contributed by atoms with Crippen LogP contribution in [0.3, 0.4) is 0 Å². The van der Waals surface area contributed by atoms with Crippen molar-refractivity contribution in [2.24, 2.45) is 5.92 Å². The molecule has 1 aromatic rings. The van der Waals surface area contributed by atoms with Crippen LogP contribution >= 0.6 is 11.3 Å². The van der Waals surface area contributed by atoms with E-state index in [-0.39, 0.29) is 11.9 Å². The van der Waals surface area contributed by atoms with Gasteiger partial charge in [0.15, 0.2) is 0 Å². The maximum Gasteiger partial charge on any atom is 0.237 e. The SMILES string of the molecule is CC1CCNC1C(=O)NCc1ccsc1. The summed E-state index contributed by atoms with van der Waals surface area (Å²) in [6, 6.07) is 2.04. The van der Waals surface area contributed by atoms with Crippen LogP contribution in [0.4, 0.5) is 0 Å². The summed E-state index contributed by atoms with van der Waals surface area (Å²) in [5, 5.41) is 10.3. The van der Waals surface area contributed by atoms with Crippen LogP contribution in [0.2, 0.25) is 0 Å². The third-order valence-electron chi connectivity index (χ3n) is 2.86. The minimum absolute atomic E-state index is 0.00337. The number of rotatable bonds is 3. The Hall–Kier alpha value is -0.870. The van der Waals surface area contributed by atoms with Gasteiger partial charge in [-0.15, -0.1) is 0 Å². The monoisotopic (exact) mass is 224 g/mol.